The average Bonchev–Trinajstić information content (AvgIpc) is 3.14. The number of aromatic amines is 1. The molecule has 2 aromatic heterocycles. The van der Waals surface area contributed by atoms with Gasteiger partial charge in [0.2, 0.25) is 0 Å². The molecule has 200 valence electrons. The minimum atomic E-state index is -2.39. The fourth-order valence-electron chi connectivity index (χ4n) is 5.33. The number of nitrogens with one attached hydrogen (secondary N) is 2. The standard InChI is InChI=1S/C28H36F2N4O3/c1-17-14-23(37-5)21(25(35)32-17)15-31-26(36)24-18(2)34(22-9-7-6-8-20(22)24)16-19-10-12-33(13-11-19)28(3,4)27(29)30/h6-9,14,19,27H,10-13,15-16H2,1-5H3,(H,31,36)(H,32,35). The summed E-state index contributed by atoms with van der Waals surface area (Å²) < 4.78 is 34.5. The Hall–Kier alpha value is -3.20. The summed E-state index contributed by atoms with van der Waals surface area (Å²) >= 11 is 0. The molecule has 9 heteroatoms. The SMILES string of the molecule is COc1cc(C)[nH]c(=O)c1CNC(=O)c1c(C)n(CC2CCN(C(C)(C)C(F)F)CC2)c2ccccc12. The molecule has 1 aliphatic rings. The summed E-state index contributed by atoms with van der Waals surface area (Å²) in [6, 6.07) is 9.52. The van der Waals surface area contributed by atoms with Gasteiger partial charge in [-0.25, -0.2) is 8.78 Å². The number of fused-ring (bicyclic) bond motifs is 1. The third-order valence-electron chi connectivity index (χ3n) is 7.74. The molecule has 4 rings (SSSR count). The number of H-pyrrole nitrogens is 1. The molecule has 0 unspecified atom stereocenters. The van der Waals surface area contributed by atoms with Crippen LogP contribution >= 0.6 is 0 Å². The van der Waals surface area contributed by atoms with Crippen LogP contribution in [0.3, 0.4) is 0 Å². The lowest BCUT2D eigenvalue weighted by Crippen LogP contribution is -2.52. The number of hydrogen-bond acceptors (Lipinski definition) is 4. The molecule has 2 N–H and O–H groups in total. The average molecular weight is 515 g/mol. The van der Waals surface area contributed by atoms with Gasteiger partial charge in [-0.15, -0.1) is 0 Å². The van der Waals surface area contributed by atoms with E-state index in [9.17, 15) is 18.4 Å². The van der Waals surface area contributed by atoms with E-state index in [2.05, 4.69) is 14.9 Å². The Balaban J connectivity index is 1.54. The molecule has 0 spiro atoms. The summed E-state index contributed by atoms with van der Waals surface area (Å²) in [5, 5.41) is 3.75. The van der Waals surface area contributed by atoms with E-state index in [1.54, 1.807) is 26.8 Å². The number of piperidine rings is 1. The molecule has 1 saturated heterocycles. The topological polar surface area (TPSA) is 79.4 Å². The van der Waals surface area contributed by atoms with Crippen molar-refractivity contribution in [3.05, 3.63) is 63.2 Å². The number of benzene rings is 1. The van der Waals surface area contributed by atoms with Crippen LogP contribution in [0.25, 0.3) is 10.9 Å². The molecule has 1 aromatic carbocycles. The quantitative estimate of drug-likeness (QED) is 0.459. The minimum absolute atomic E-state index is 0.0367. The predicted octanol–water partition coefficient (Wildman–Crippen LogP) is 4.64. The first kappa shape index (κ1) is 26.9. The van der Waals surface area contributed by atoms with Crippen molar-refractivity contribution in [2.24, 2.45) is 5.92 Å². The molecular formula is C28H36F2N4O3. The number of methoxy groups -OCH3 is 1. The van der Waals surface area contributed by atoms with Crippen molar-refractivity contribution in [1.29, 1.82) is 0 Å². The zero-order valence-corrected chi connectivity index (χ0v) is 22.2. The highest BCUT2D eigenvalue weighted by molar-refractivity contribution is 6.08. The molecule has 0 radical (unpaired) electrons. The fraction of sp³-hybridized carbons (Fsp3) is 0.500. The molecule has 0 atom stereocenters. The van der Waals surface area contributed by atoms with E-state index < -0.39 is 12.0 Å². The predicted molar refractivity (Wildman–Crippen MR) is 141 cm³/mol. The number of rotatable bonds is 8. The maximum Gasteiger partial charge on any atom is 0.256 e. The van der Waals surface area contributed by atoms with Crippen LogP contribution in [-0.2, 0) is 13.1 Å². The maximum absolute atomic E-state index is 13.5. The molecular weight excluding hydrogens is 478 g/mol. The van der Waals surface area contributed by atoms with Crippen molar-refractivity contribution in [3.63, 3.8) is 0 Å². The van der Waals surface area contributed by atoms with Gasteiger partial charge in [-0.05, 0) is 71.7 Å². The number of aryl methyl sites for hydroxylation is 1. The highest BCUT2D eigenvalue weighted by Crippen LogP contribution is 2.32. The summed E-state index contributed by atoms with van der Waals surface area (Å²) in [5.41, 5.74) is 2.01. The number of halogens is 2. The van der Waals surface area contributed by atoms with Gasteiger partial charge in [-0.3, -0.25) is 14.5 Å². The number of nitrogens with zero attached hydrogens (tertiary/aromatic N) is 2. The van der Waals surface area contributed by atoms with Crippen LogP contribution in [0.15, 0.2) is 35.1 Å². The molecule has 3 heterocycles. The van der Waals surface area contributed by atoms with Gasteiger partial charge >= 0.3 is 0 Å². The number of pyridine rings is 1. The monoisotopic (exact) mass is 514 g/mol. The number of aromatic nitrogens is 2. The smallest absolute Gasteiger partial charge is 0.256 e. The van der Waals surface area contributed by atoms with Crippen molar-refractivity contribution in [2.75, 3.05) is 20.2 Å². The number of alkyl halides is 2. The molecule has 0 aliphatic carbocycles. The number of para-hydroxylation sites is 1. The lowest BCUT2D eigenvalue weighted by molar-refractivity contribution is -0.0473. The van der Waals surface area contributed by atoms with Gasteiger partial charge in [0, 0.05) is 28.8 Å². The Morgan fingerprint density at radius 2 is 1.89 bits per heavy atom. The third-order valence-corrected chi connectivity index (χ3v) is 7.74. The van der Waals surface area contributed by atoms with Gasteiger partial charge < -0.3 is 19.6 Å². The van der Waals surface area contributed by atoms with Gasteiger partial charge in [0.1, 0.15) is 5.75 Å². The van der Waals surface area contributed by atoms with E-state index in [0.29, 0.717) is 48.1 Å². The summed E-state index contributed by atoms with van der Waals surface area (Å²) in [6.07, 6.45) is -0.754. The molecule has 37 heavy (non-hydrogen) atoms. The second-order valence-corrected chi connectivity index (χ2v) is 10.5. The number of amides is 1. The summed E-state index contributed by atoms with van der Waals surface area (Å²) in [7, 11) is 1.50. The Kier molecular flexibility index (Phi) is 7.73. The van der Waals surface area contributed by atoms with Crippen molar-refractivity contribution in [1.82, 2.24) is 19.8 Å². The van der Waals surface area contributed by atoms with E-state index >= 15 is 0 Å². The highest BCUT2D eigenvalue weighted by atomic mass is 19.3. The lowest BCUT2D eigenvalue weighted by Gasteiger charge is -2.42. The zero-order valence-electron chi connectivity index (χ0n) is 22.2. The Morgan fingerprint density at radius 1 is 1.22 bits per heavy atom. The maximum atomic E-state index is 13.5. The molecule has 1 aliphatic heterocycles. The van der Waals surface area contributed by atoms with Crippen LogP contribution in [0.5, 0.6) is 5.75 Å². The number of carbonyl (C=O) groups is 1. The number of carbonyl (C=O) groups excluding carboxylic acids is 1. The van der Waals surface area contributed by atoms with Crippen LogP contribution < -0.4 is 15.6 Å². The van der Waals surface area contributed by atoms with Crippen LogP contribution in [-0.4, -0.2) is 52.5 Å². The van der Waals surface area contributed by atoms with Gasteiger partial charge in [-0.1, -0.05) is 18.2 Å². The third kappa shape index (κ3) is 5.28. The van der Waals surface area contributed by atoms with Crippen LogP contribution in [0.4, 0.5) is 8.78 Å². The summed E-state index contributed by atoms with van der Waals surface area (Å²) in [5.74, 6) is 0.496. The van der Waals surface area contributed by atoms with Crippen molar-refractivity contribution in [3.8, 4) is 5.75 Å². The number of hydrogen-bond donors (Lipinski definition) is 2. The first-order valence-corrected chi connectivity index (χ1v) is 12.7. The molecule has 1 fully saturated rings. The van der Waals surface area contributed by atoms with Crippen LogP contribution in [0.2, 0.25) is 0 Å². The second kappa shape index (κ2) is 10.7. The van der Waals surface area contributed by atoms with Crippen LogP contribution in [0.1, 0.15) is 54.0 Å². The zero-order chi connectivity index (χ0) is 26.9. The molecule has 0 bridgehead atoms. The first-order chi connectivity index (χ1) is 17.5. The van der Waals surface area contributed by atoms with E-state index in [4.69, 9.17) is 4.74 Å². The van der Waals surface area contributed by atoms with Crippen molar-refractivity contribution in [2.45, 2.75) is 65.6 Å². The number of likely N-dealkylation sites (tertiary alicyclic amines) is 1. The molecule has 7 nitrogen and oxygen atoms in total. The number of ether oxygens (including phenoxy) is 1. The Labute approximate surface area is 215 Å². The Morgan fingerprint density at radius 3 is 2.54 bits per heavy atom. The van der Waals surface area contributed by atoms with Crippen molar-refractivity contribution >= 4 is 16.8 Å². The van der Waals surface area contributed by atoms with Crippen LogP contribution in [0, 0.1) is 19.8 Å². The fourth-order valence-corrected chi connectivity index (χ4v) is 5.33. The lowest BCUT2D eigenvalue weighted by atomic mass is 9.92. The molecule has 1 amide bonds. The van der Waals surface area contributed by atoms with E-state index in [-0.39, 0.29) is 18.0 Å². The highest BCUT2D eigenvalue weighted by Gasteiger charge is 2.38. The van der Waals surface area contributed by atoms with E-state index in [1.165, 1.54) is 7.11 Å². The summed E-state index contributed by atoms with van der Waals surface area (Å²) in [4.78, 5) is 30.5. The first-order valence-electron chi connectivity index (χ1n) is 12.7. The van der Waals surface area contributed by atoms with E-state index in [1.807, 2.05) is 36.1 Å². The van der Waals surface area contributed by atoms with Gasteiger partial charge in [0.05, 0.1) is 30.3 Å². The minimum Gasteiger partial charge on any atom is -0.496 e. The molecule has 0 saturated carbocycles. The van der Waals surface area contributed by atoms with E-state index in [0.717, 1.165) is 29.4 Å². The van der Waals surface area contributed by atoms with Gasteiger partial charge in [-0.2, -0.15) is 0 Å². The van der Waals surface area contributed by atoms with Crippen molar-refractivity contribution < 1.29 is 18.3 Å². The van der Waals surface area contributed by atoms with Gasteiger partial charge in [0.15, 0.2) is 0 Å². The largest absolute Gasteiger partial charge is 0.496 e. The Bertz CT molecular complexity index is 1340. The normalized spacial score (nSPS) is 15.5. The van der Waals surface area contributed by atoms with Gasteiger partial charge in [0.25, 0.3) is 17.9 Å². The second-order valence-electron chi connectivity index (χ2n) is 10.5. The summed E-state index contributed by atoms with van der Waals surface area (Å²) in [6.45, 7) is 8.92. The molecule has 3 aromatic rings.